The number of pyridine rings is 1. The number of aliphatic hydroxyl groups is 1. The number of primary amides is 1. The van der Waals surface area contributed by atoms with E-state index in [0.29, 0.717) is 33.3 Å². The minimum Gasteiger partial charge on any atom is -0.506 e. The molecule has 6 N–H and O–H groups in total. The Kier molecular flexibility index (Phi) is 4.40. The van der Waals surface area contributed by atoms with Gasteiger partial charge in [0, 0.05) is 17.0 Å². The molecule has 3 rings (SSSR count). The van der Waals surface area contributed by atoms with Gasteiger partial charge in [0.1, 0.15) is 11.5 Å². The second kappa shape index (κ2) is 6.53. The Morgan fingerprint density at radius 2 is 2.00 bits per heavy atom. The molecule has 0 saturated carbocycles. The van der Waals surface area contributed by atoms with Gasteiger partial charge >= 0.3 is 0 Å². The second-order valence-corrected chi connectivity index (χ2v) is 5.93. The zero-order valence-electron chi connectivity index (χ0n) is 14.4. The molecule has 0 fully saturated rings. The van der Waals surface area contributed by atoms with E-state index in [1.165, 1.54) is 6.07 Å². The van der Waals surface area contributed by atoms with Crippen LogP contribution in [0.25, 0.3) is 22.2 Å². The van der Waals surface area contributed by atoms with Crippen molar-refractivity contribution < 1.29 is 19.7 Å². The molecule has 0 saturated heterocycles. The van der Waals surface area contributed by atoms with Gasteiger partial charge in [0.15, 0.2) is 0 Å². The van der Waals surface area contributed by atoms with Crippen molar-refractivity contribution >= 4 is 22.5 Å². The van der Waals surface area contributed by atoms with E-state index in [0.717, 1.165) is 0 Å². The first-order chi connectivity index (χ1) is 12.4. The first kappa shape index (κ1) is 17.5. The van der Waals surface area contributed by atoms with Crippen LogP contribution in [-0.4, -0.2) is 28.2 Å². The van der Waals surface area contributed by atoms with E-state index in [1.54, 1.807) is 38.3 Å². The van der Waals surface area contributed by atoms with E-state index in [-0.39, 0.29) is 29.3 Å². The number of aliphatic hydroxyl groups excluding tert-OH is 1. The molecular weight excluding hydrogens is 334 g/mol. The highest BCUT2D eigenvalue weighted by Crippen LogP contribution is 2.37. The lowest BCUT2D eigenvalue weighted by atomic mass is 9.94. The zero-order chi connectivity index (χ0) is 19.0. The number of fused-ring (bicyclic) bond motifs is 1. The number of methoxy groups -OCH3 is 1. The lowest BCUT2D eigenvalue weighted by Gasteiger charge is -2.16. The van der Waals surface area contributed by atoms with Crippen LogP contribution in [0.15, 0.2) is 30.3 Å². The average Bonchev–Trinajstić information content (AvgIpc) is 2.64. The largest absolute Gasteiger partial charge is 0.506 e. The number of hydrogen-bond donors (Lipinski definition) is 4. The minimum atomic E-state index is -0.664. The predicted molar refractivity (Wildman–Crippen MR) is 99.0 cm³/mol. The SMILES string of the molecule is COc1ccc2cc(C(N)=O)c(-c3cc(O)c(N)c(C)c3CO)nc2c1. The molecule has 3 aromatic rings. The lowest BCUT2D eigenvalue weighted by Crippen LogP contribution is -2.14. The summed E-state index contributed by atoms with van der Waals surface area (Å²) < 4.78 is 5.22. The number of benzene rings is 2. The summed E-state index contributed by atoms with van der Waals surface area (Å²) in [5, 5.41) is 20.6. The molecule has 0 aliphatic carbocycles. The number of aromatic hydroxyl groups is 1. The maximum absolute atomic E-state index is 12.0. The fourth-order valence-corrected chi connectivity index (χ4v) is 2.94. The Bertz CT molecular complexity index is 1030. The Labute approximate surface area is 149 Å². The summed E-state index contributed by atoms with van der Waals surface area (Å²) in [4.78, 5) is 16.6. The van der Waals surface area contributed by atoms with E-state index in [4.69, 9.17) is 16.2 Å². The molecule has 0 radical (unpaired) electrons. The van der Waals surface area contributed by atoms with Crippen LogP contribution >= 0.6 is 0 Å². The number of ether oxygens (including phenoxy) is 1. The number of phenols is 1. The van der Waals surface area contributed by atoms with Gasteiger partial charge in [-0.3, -0.25) is 4.79 Å². The van der Waals surface area contributed by atoms with E-state index in [2.05, 4.69) is 4.98 Å². The monoisotopic (exact) mass is 353 g/mol. The third-order valence-corrected chi connectivity index (χ3v) is 4.44. The van der Waals surface area contributed by atoms with Crippen molar-refractivity contribution in [2.24, 2.45) is 5.73 Å². The van der Waals surface area contributed by atoms with Crippen molar-refractivity contribution in [3.05, 3.63) is 47.0 Å². The standard InChI is InChI=1S/C19H19N3O4/c1-9-14(8-23)12(7-16(24)17(9)20)18-13(19(21)25)5-10-3-4-11(26-2)6-15(10)22-18/h3-7,23-24H,8,20H2,1-2H3,(H2,21,25). The summed E-state index contributed by atoms with van der Waals surface area (Å²) in [6.45, 7) is 1.35. The van der Waals surface area contributed by atoms with Gasteiger partial charge in [0.25, 0.3) is 5.91 Å². The number of nitrogens with two attached hydrogens (primary N) is 2. The fraction of sp³-hybridized carbons (Fsp3) is 0.158. The quantitative estimate of drug-likeness (QED) is 0.419. The van der Waals surface area contributed by atoms with Crippen molar-refractivity contribution in [3.63, 3.8) is 0 Å². The van der Waals surface area contributed by atoms with E-state index >= 15 is 0 Å². The maximum atomic E-state index is 12.0. The molecule has 0 unspecified atom stereocenters. The third kappa shape index (κ3) is 2.78. The van der Waals surface area contributed by atoms with Crippen LogP contribution in [-0.2, 0) is 6.61 Å². The van der Waals surface area contributed by atoms with Crippen LogP contribution in [0, 0.1) is 6.92 Å². The summed E-state index contributed by atoms with van der Waals surface area (Å²) in [6, 6.07) is 8.27. The average molecular weight is 353 g/mol. The minimum absolute atomic E-state index is 0.155. The van der Waals surface area contributed by atoms with Crippen LogP contribution in [0.1, 0.15) is 21.5 Å². The van der Waals surface area contributed by atoms with Gasteiger partial charge in [-0.1, -0.05) is 0 Å². The molecule has 2 aromatic carbocycles. The van der Waals surface area contributed by atoms with Crippen molar-refractivity contribution in [1.29, 1.82) is 0 Å². The second-order valence-electron chi connectivity index (χ2n) is 5.93. The molecule has 0 atom stereocenters. The normalized spacial score (nSPS) is 10.9. The number of nitrogen functional groups attached to an aromatic ring is 1. The van der Waals surface area contributed by atoms with Gasteiger partial charge in [0.05, 0.1) is 36.2 Å². The van der Waals surface area contributed by atoms with Crippen LogP contribution in [0.5, 0.6) is 11.5 Å². The van der Waals surface area contributed by atoms with E-state index in [9.17, 15) is 15.0 Å². The molecule has 26 heavy (non-hydrogen) atoms. The molecular formula is C19H19N3O4. The van der Waals surface area contributed by atoms with Crippen molar-refractivity contribution in [3.8, 4) is 22.8 Å². The first-order valence-corrected chi connectivity index (χ1v) is 7.88. The summed E-state index contributed by atoms with van der Waals surface area (Å²) in [6.07, 6.45) is 0. The highest BCUT2D eigenvalue weighted by atomic mass is 16.5. The summed E-state index contributed by atoms with van der Waals surface area (Å²) in [7, 11) is 1.55. The van der Waals surface area contributed by atoms with Crippen molar-refractivity contribution in [2.45, 2.75) is 13.5 Å². The number of aromatic nitrogens is 1. The highest BCUT2D eigenvalue weighted by molar-refractivity contribution is 6.03. The Balaban J connectivity index is 2.40. The molecule has 0 aliphatic rings. The number of nitrogens with zero attached hydrogens (tertiary/aromatic N) is 1. The summed E-state index contributed by atoms with van der Waals surface area (Å²) >= 11 is 0. The number of phenolic OH excluding ortho intramolecular Hbond substituents is 1. The predicted octanol–water partition coefficient (Wildman–Crippen LogP) is 2.10. The molecule has 0 bridgehead atoms. The van der Waals surface area contributed by atoms with Crippen molar-refractivity contribution in [2.75, 3.05) is 12.8 Å². The zero-order valence-corrected chi connectivity index (χ0v) is 14.4. The molecule has 7 nitrogen and oxygen atoms in total. The number of hydrogen-bond acceptors (Lipinski definition) is 6. The highest BCUT2D eigenvalue weighted by Gasteiger charge is 2.20. The van der Waals surface area contributed by atoms with Gasteiger partial charge < -0.3 is 26.4 Å². The summed E-state index contributed by atoms with van der Waals surface area (Å²) in [5.41, 5.74) is 14.0. The van der Waals surface area contributed by atoms with Gasteiger partial charge in [-0.25, -0.2) is 4.98 Å². The molecule has 1 aromatic heterocycles. The van der Waals surface area contributed by atoms with Gasteiger partial charge in [-0.05, 0) is 42.3 Å². The molecule has 0 aliphatic heterocycles. The van der Waals surface area contributed by atoms with Crippen LogP contribution < -0.4 is 16.2 Å². The first-order valence-electron chi connectivity index (χ1n) is 7.88. The molecule has 134 valence electrons. The molecule has 1 heterocycles. The molecule has 7 heteroatoms. The van der Waals surface area contributed by atoms with Crippen LogP contribution in [0.2, 0.25) is 0 Å². The van der Waals surface area contributed by atoms with E-state index < -0.39 is 5.91 Å². The van der Waals surface area contributed by atoms with Crippen LogP contribution in [0.3, 0.4) is 0 Å². The number of anilines is 1. The molecule has 1 amide bonds. The molecule has 0 spiro atoms. The topological polar surface area (TPSA) is 132 Å². The number of amides is 1. The lowest BCUT2D eigenvalue weighted by molar-refractivity contribution is 0.100. The van der Waals surface area contributed by atoms with Gasteiger partial charge in [-0.2, -0.15) is 0 Å². The Morgan fingerprint density at radius 3 is 2.62 bits per heavy atom. The van der Waals surface area contributed by atoms with Crippen molar-refractivity contribution in [1.82, 2.24) is 4.98 Å². The summed E-state index contributed by atoms with van der Waals surface area (Å²) in [5.74, 6) is -0.206. The Morgan fingerprint density at radius 1 is 1.27 bits per heavy atom. The smallest absolute Gasteiger partial charge is 0.250 e. The number of carbonyl (C=O) groups excluding carboxylic acids is 1. The van der Waals surface area contributed by atoms with Gasteiger partial charge in [0.2, 0.25) is 0 Å². The fourth-order valence-electron chi connectivity index (χ4n) is 2.94. The maximum Gasteiger partial charge on any atom is 0.250 e. The van der Waals surface area contributed by atoms with E-state index in [1.807, 2.05) is 0 Å². The number of carbonyl (C=O) groups is 1. The number of rotatable bonds is 4. The van der Waals surface area contributed by atoms with Crippen LogP contribution in [0.4, 0.5) is 5.69 Å². The van der Waals surface area contributed by atoms with Gasteiger partial charge in [-0.15, -0.1) is 0 Å². The Hall–Kier alpha value is -3.32. The third-order valence-electron chi connectivity index (χ3n) is 4.44.